The molecule has 4 rings (SSSR count). The Kier molecular flexibility index (Phi) is 13.2. The molecule has 0 saturated heterocycles. The van der Waals surface area contributed by atoms with E-state index in [1.54, 1.807) is 32.1 Å². The standard InChI is InChI=1S/C11H18.C4H8.4CH4/c1-7-10-3-8-2-9(5-10)6-11(7)4-8;1-3-4-2;;;;/h7-11H,2-6H2,1H3;3-4H,1-2H3;4*1H4/b;4-3+;;;;. The van der Waals surface area contributed by atoms with Gasteiger partial charge in [0.2, 0.25) is 0 Å². The number of hydrogen-bond acceptors (Lipinski definition) is 0. The van der Waals surface area contributed by atoms with E-state index >= 15 is 0 Å². The second-order valence-corrected chi connectivity index (χ2v) is 5.96. The fourth-order valence-corrected chi connectivity index (χ4v) is 4.20. The fourth-order valence-electron chi connectivity index (χ4n) is 4.20. The highest BCUT2D eigenvalue weighted by Gasteiger charge is 2.45. The Balaban J connectivity index is -0.000000292. The minimum Gasteiger partial charge on any atom is -0.0919 e. The zero-order valence-corrected chi connectivity index (χ0v) is 10.6. The van der Waals surface area contributed by atoms with Gasteiger partial charge in [-0.25, -0.2) is 0 Å². The van der Waals surface area contributed by atoms with Crippen molar-refractivity contribution in [1.29, 1.82) is 0 Å². The molecule has 0 aromatic rings. The van der Waals surface area contributed by atoms with Crippen LogP contribution in [0.5, 0.6) is 0 Å². The second kappa shape index (κ2) is 10.5. The predicted molar refractivity (Wildman–Crippen MR) is 93.6 cm³/mol. The van der Waals surface area contributed by atoms with Gasteiger partial charge in [-0.15, -0.1) is 0 Å². The van der Waals surface area contributed by atoms with Crippen LogP contribution < -0.4 is 0 Å². The Labute approximate surface area is 125 Å². The molecule has 0 aromatic carbocycles. The molecule has 0 N–H and O–H groups in total. The quantitative estimate of drug-likeness (QED) is 0.408. The molecule has 4 saturated carbocycles. The average Bonchev–Trinajstić information content (AvgIpc) is 2.25. The van der Waals surface area contributed by atoms with Gasteiger partial charge in [-0.3, -0.25) is 0 Å². The molecule has 0 aliphatic heterocycles. The van der Waals surface area contributed by atoms with E-state index < -0.39 is 0 Å². The number of allylic oxidation sites excluding steroid dienone is 2. The lowest BCUT2D eigenvalue weighted by Gasteiger charge is -2.53. The Morgan fingerprint density at radius 2 is 0.947 bits per heavy atom. The molecule has 0 unspecified atom stereocenters. The average molecular weight is 271 g/mol. The highest BCUT2D eigenvalue weighted by atomic mass is 14.5. The summed E-state index contributed by atoms with van der Waals surface area (Å²) in [6.07, 6.45) is 12.0. The summed E-state index contributed by atoms with van der Waals surface area (Å²) in [5, 5.41) is 0. The molecule has 0 aromatic heterocycles. The van der Waals surface area contributed by atoms with Crippen molar-refractivity contribution in [2.24, 2.45) is 29.6 Å². The summed E-state index contributed by atoms with van der Waals surface area (Å²) in [6, 6.07) is 0. The summed E-state index contributed by atoms with van der Waals surface area (Å²) in [6.45, 7) is 6.51. The van der Waals surface area contributed by atoms with Gasteiger partial charge >= 0.3 is 0 Å². The maximum absolute atomic E-state index is 2.51. The molecular formula is C19H42. The van der Waals surface area contributed by atoms with Crippen molar-refractivity contribution < 1.29 is 0 Å². The van der Waals surface area contributed by atoms with Crippen molar-refractivity contribution in [2.75, 3.05) is 0 Å². The molecule has 0 heterocycles. The van der Waals surface area contributed by atoms with Gasteiger partial charge < -0.3 is 0 Å². The van der Waals surface area contributed by atoms with Crippen LogP contribution in [0.25, 0.3) is 0 Å². The molecule has 0 amide bonds. The summed E-state index contributed by atoms with van der Waals surface area (Å²) >= 11 is 0. The van der Waals surface area contributed by atoms with E-state index in [0.29, 0.717) is 0 Å². The molecule has 4 aliphatic carbocycles. The third-order valence-corrected chi connectivity index (χ3v) is 5.03. The molecule has 0 heteroatoms. The summed E-state index contributed by atoms with van der Waals surface area (Å²) in [4.78, 5) is 0. The summed E-state index contributed by atoms with van der Waals surface area (Å²) in [7, 11) is 0. The predicted octanol–water partition coefficient (Wildman–Crippen LogP) is 7.21. The zero-order chi connectivity index (χ0) is 10.8. The monoisotopic (exact) mass is 270 g/mol. The lowest BCUT2D eigenvalue weighted by Crippen LogP contribution is -2.43. The summed E-state index contributed by atoms with van der Waals surface area (Å²) < 4.78 is 0. The van der Waals surface area contributed by atoms with Gasteiger partial charge in [0.1, 0.15) is 0 Å². The maximum atomic E-state index is 2.51. The van der Waals surface area contributed by atoms with Crippen molar-refractivity contribution in [1.82, 2.24) is 0 Å². The van der Waals surface area contributed by atoms with E-state index in [9.17, 15) is 0 Å². The SMILES string of the molecule is C.C.C.C.C/C=C/C.CC1C2CC3CC(C2)CC1C3. The molecule has 0 atom stereocenters. The lowest BCUT2D eigenvalue weighted by atomic mass is 9.52. The fraction of sp³-hybridized carbons (Fsp3) is 0.895. The minimum absolute atomic E-state index is 0. The first-order valence-corrected chi connectivity index (χ1v) is 6.81. The Morgan fingerprint density at radius 1 is 0.632 bits per heavy atom. The Bertz CT molecular complexity index is 194. The van der Waals surface area contributed by atoms with E-state index in [4.69, 9.17) is 0 Å². The van der Waals surface area contributed by atoms with Gasteiger partial charge in [-0.2, -0.15) is 0 Å². The van der Waals surface area contributed by atoms with Crippen molar-refractivity contribution in [2.45, 2.75) is 82.6 Å². The van der Waals surface area contributed by atoms with Crippen LogP contribution in [-0.4, -0.2) is 0 Å². The van der Waals surface area contributed by atoms with Crippen LogP contribution in [0.4, 0.5) is 0 Å². The molecule has 0 radical (unpaired) electrons. The third kappa shape index (κ3) is 5.32. The molecule has 4 bridgehead atoms. The normalized spacial score (nSPS) is 36.9. The first-order chi connectivity index (χ1) is 7.24. The van der Waals surface area contributed by atoms with E-state index in [1.807, 2.05) is 26.0 Å². The van der Waals surface area contributed by atoms with Gasteiger partial charge in [-0.1, -0.05) is 48.8 Å². The van der Waals surface area contributed by atoms with Crippen molar-refractivity contribution >= 4 is 0 Å². The zero-order valence-electron chi connectivity index (χ0n) is 10.6. The molecule has 4 fully saturated rings. The van der Waals surface area contributed by atoms with Crippen LogP contribution in [-0.2, 0) is 0 Å². The smallest absolute Gasteiger partial charge is 0.0381 e. The van der Waals surface area contributed by atoms with Gasteiger partial charge in [0, 0.05) is 0 Å². The van der Waals surface area contributed by atoms with Gasteiger partial charge in [0.05, 0.1) is 0 Å². The van der Waals surface area contributed by atoms with Crippen LogP contribution in [0.2, 0.25) is 0 Å². The van der Waals surface area contributed by atoms with E-state index in [0.717, 1.165) is 29.6 Å². The van der Waals surface area contributed by atoms with E-state index in [1.165, 1.54) is 0 Å². The lowest BCUT2D eigenvalue weighted by molar-refractivity contribution is -0.0282. The Morgan fingerprint density at radius 3 is 1.21 bits per heavy atom. The van der Waals surface area contributed by atoms with Crippen LogP contribution in [0.15, 0.2) is 12.2 Å². The first kappa shape index (κ1) is 23.8. The molecule has 4 aliphatic rings. The van der Waals surface area contributed by atoms with Crippen molar-refractivity contribution in [3.05, 3.63) is 12.2 Å². The van der Waals surface area contributed by atoms with Crippen LogP contribution in [0.3, 0.4) is 0 Å². The molecule has 118 valence electrons. The van der Waals surface area contributed by atoms with Crippen LogP contribution in [0, 0.1) is 29.6 Å². The van der Waals surface area contributed by atoms with Crippen molar-refractivity contribution in [3.63, 3.8) is 0 Å². The summed E-state index contributed by atoms with van der Waals surface area (Å²) in [5.41, 5.74) is 0. The maximum Gasteiger partial charge on any atom is -0.0381 e. The largest absolute Gasteiger partial charge is 0.0919 e. The van der Waals surface area contributed by atoms with Gasteiger partial charge in [-0.05, 0) is 75.5 Å². The van der Waals surface area contributed by atoms with Crippen LogP contribution >= 0.6 is 0 Å². The highest BCUT2D eigenvalue weighted by molar-refractivity contribution is 4.96. The summed E-state index contributed by atoms with van der Waals surface area (Å²) in [5.74, 6) is 5.70. The topological polar surface area (TPSA) is 0 Å². The third-order valence-electron chi connectivity index (χ3n) is 5.03. The minimum atomic E-state index is 0. The van der Waals surface area contributed by atoms with E-state index in [2.05, 4.69) is 6.92 Å². The first-order valence-electron chi connectivity index (χ1n) is 6.81. The van der Waals surface area contributed by atoms with Gasteiger partial charge in [0.25, 0.3) is 0 Å². The molecular weight excluding hydrogens is 228 g/mol. The second-order valence-electron chi connectivity index (χ2n) is 5.96. The highest BCUT2D eigenvalue weighted by Crippen LogP contribution is 2.56. The Hall–Kier alpha value is -0.260. The molecule has 0 spiro atoms. The number of rotatable bonds is 0. The van der Waals surface area contributed by atoms with Crippen molar-refractivity contribution in [3.8, 4) is 0 Å². The van der Waals surface area contributed by atoms with Gasteiger partial charge in [0.15, 0.2) is 0 Å². The van der Waals surface area contributed by atoms with E-state index in [-0.39, 0.29) is 29.7 Å². The molecule has 0 nitrogen and oxygen atoms in total. The molecule has 19 heavy (non-hydrogen) atoms. The number of hydrogen-bond donors (Lipinski definition) is 0. The van der Waals surface area contributed by atoms with Crippen LogP contribution in [0.1, 0.15) is 82.6 Å².